The quantitative estimate of drug-likeness (QED) is 0.656. The van der Waals surface area contributed by atoms with Crippen molar-refractivity contribution in [3.05, 3.63) is 30.3 Å². The van der Waals surface area contributed by atoms with Gasteiger partial charge in [-0.1, -0.05) is 12.1 Å². The average Bonchev–Trinajstić information content (AvgIpc) is 2.15. The Morgan fingerprint density at radius 3 is 2.31 bits per heavy atom. The molecule has 5 nitrogen and oxygen atoms in total. The smallest absolute Gasteiger partial charge is 0.298 e. The first-order chi connectivity index (χ1) is 7.39. The minimum Gasteiger partial charge on any atom is -0.507 e. The Morgan fingerprint density at radius 2 is 1.69 bits per heavy atom. The van der Waals surface area contributed by atoms with E-state index in [-0.39, 0.29) is 11.1 Å². The van der Waals surface area contributed by atoms with Crippen LogP contribution in [0, 0.1) is 0 Å². The van der Waals surface area contributed by atoms with Gasteiger partial charge in [0.15, 0.2) is 0 Å². The fourth-order valence-corrected chi connectivity index (χ4v) is 2.07. The summed E-state index contributed by atoms with van der Waals surface area (Å²) in [6.45, 7) is 0. The molecule has 0 spiro atoms. The van der Waals surface area contributed by atoms with E-state index < -0.39 is 20.8 Å². The van der Waals surface area contributed by atoms with Crippen LogP contribution in [0.5, 0.6) is 11.5 Å². The van der Waals surface area contributed by atoms with Crippen LogP contribution in [-0.4, -0.2) is 23.2 Å². The largest absolute Gasteiger partial charge is 0.507 e. The van der Waals surface area contributed by atoms with Gasteiger partial charge in [0, 0.05) is 5.39 Å². The van der Waals surface area contributed by atoms with Crippen LogP contribution in [0.25, 0.3) is 10.8 Å². The van der Waals surface area contributed by atoms with Crippen molar-refractivity contribution in [2.45, 2.75) is 4.90 Å². The molecule has 3 N–H and O–H groups in total. The first-order valence-electron chi connectivity index (χ1n) is 4.32. The number of benzene rings is 2. The van der Waals surface area contributed by atoms with Crippen LogP contribution in [-0.2, 0) is 10.1 Å². The molecule has 0 aliphatic carbocycles. The second-order valence-electron chi connectivity index (χ2n) is 3.29. The van der Waals surface area contributed by atoms with E-state index >= 15 is 0 Å². The predicted octanol–water partition coefficient (Wildman–Crippen LogP) is 1.50. The minimum absolute atomic E-state index is 0.123. The molecule has 84 valence electrons. The highest BCUT2D eigenvalue weighted by Crippen LogP contribution is 2.32. The zero-order chi connectivity index (χ0) is 11.9. The van der Waals surface area contributed by atoms with Gasteiger partial charge in [0.1, 0.15) is 16.4 Å². The molecule has 6 heteroatoms. The lowest BCUT2D eigenvalue weighted by Gasteiger charge is -2.05. The van der Waals surface area contributed by atoms with Crippen molar-refractivity contribution in [3.8, 4) is 11.5 Å². The molecule has 0 saturated carbocycles. The Hall–Kier alpha value is -1.79. The van der Waals surface area contributed by atoms with Crippen molar-refractivity contribution in [2.75, 3.05) is 0 Å². The molecule has 0 saturated heterocycles. The van der Waals surface area contributed by atoms with E-state index in [1.165, 1.54) is 6.07 Å². The van der Waals surface area contributed by atoms with Gasteiger partial charge in [0.2, 0.25) is 0 Å². The molecule has 0 aromatic heterocycles. The molecular formula is C10H8O5S. The molecule has 0 aliphatic heterocycles. The lowest BCUT2D eigenvalue weighted by Crippen LogP contribution is -1.98. The molecule has 0 radical (unpaired) electrons. The molecule has 2 rings (SSSR count). The third kappa shape index (κ3) is 1.68. The van der Waals surface area contributed by atoms with E-state index in [4.69, 9.17) is 4.55 Å². The number of aromatic hydroxyl groups is 2. The fraction of sp³-hybridized carbons (Fsp3) is 0. The molecule has 0 heterocycles. The Labute approximate surface area is 91.3 Å². The summed E-state index contributed by atoms with van der Waals surface area (Å²) in [5.41, 5.74) is 0. The lowest BCUT2D eigenvalue weighted by atomic mass is 10.1. The Bertz CT molecular complexity index is 660. The van der Waals surface area contributed by atoms with Gasteiger partial charge < -0.3 is 10.2 Å². The summed E-state index contributed by atoms with van der Waals surface area (Å²) in [7, 11) is -4.50. The first kappa shape index (κ1) is 10.7. The maximum absolute atomic E-state index is 10.9. The summed E-state index contributed by atoms with van der Waals surface area (Å²) in [5.74, 6) is -0.678. The van der Waals surface area contributed by atoms with Gasteiger partial charge >= 0.3 is 0 Å². The minimum atomic E-state index is -4.50. The van der Waals surface area contributed by atoms with Gasteiger partial charge in [-0.3, -0.25) is 4.55 Å². The Morgan fingerprint density at radius 1 is 1.00 bits per heavy atom. The molecule has 2 aromatic carbocycles. The maximum Gasteiger partial charge on any atom is 0.298 e. The van der Waals surface area contributed by atoms with E-state index in [0.717, 1.165) is 12.1 Å². The summed E-state index contributed by atoms with van der Waals surface area (Å²) in [6, 6.07) is 6.73. The molecule has 2 aromatic rings. The van der Waals surface area contributed by atoms with Crippen LogP contribution < -0.4 is 0 Å². The van der Waals surface area contributed by atoms with Gasteiger partial charge in [0.05, 0.1) is 0 Å². The number of phenols is 2. The average molecular weight is 240 g/mol. The topological polar surface area (TPSA) is 94.8 Å². The number of fused-ring (bicyclic) bond motifs is 1. The summed E-state index contributed by atoms with van der Waals surface area (Å²) in [6.07, 6.45) is 0. The van der Waals surface area contributed by atoms with Gasteiger partial charge in [0.25, 0.3) is 10.1 Å². The number of rotatable bonds is 1. The second-order valence-corrected chi connectivity index (χ2v) is 4.68. The first-order valence-corrected chi connectivity index (χ1v) is 5.76. The zero-order valence-electron chi connectivity index (χ0n) is 7.95. The van der Waals surface area contributed by atoms with E-state index in [1.807, 2.05) is 0 Å². The van der Waals surface area contributed by atoms with E-state index in [0.29, 0.717) is 5.39 Å². The Kier molecular flexibility index (Phi) is 2.25. The van der Waals surface area contributed by atoms with Gasteiger partial charge in [-0.15, -0.1) is 0 Å². The highest BCUT2D eigenvalue weighted by molar-refractivity contribution is 7.86. The van der Waals surface area contributed by atoms with Crippen molar-refractivity contribution in [1.29, 1.82) is 0 Å². The van der Waals surface area contributed by atoms with Crippen molar-refractivity contribution in [1.82, 2.24) is 0 Å². The standard InChI is InChI=1S/C10H8O5S/c11-8-3-1-2-6-4-9(12)10(5-7(6)8)16(13,14)15/h1-5,11-12H,(H,13,14,15). The van der Waals surface area contributed by atoms with E-state index in [1.54, 1.807) is 12.1 Å². The predicted molar refractivity (Wildman–Crippen MR) is 57.1 cm³/mol. The lowest BCUT2D eigenvalue weighted by molar-refractivity contribution is 0.444. The van der Waals surface area contributed by atoms with E-state index in [9.17, 15) is 18.6 Å². The van der Waals surface area contributed by atoms with Crippen LogP contribution in [0.15, 0.2) is 35.2 Å². The van der Waals surface area contributed by atoms with Gasteiger partial charge in [-0.25, -0.2) is 0 Å². The highest BCUT2D eigenvalue weighted by atomic mass is 32.2. The molecule has 16 heavy (non-hydrogen) atoms. The molecule has 0 aliphatic rings. The summed E-state index contributed by atoms with van der Waals surface area (Å²) >= 11 is 0. The molecule has 0 amide bonds. The summed E-state index contributed by atoms with van der Waals surface area (Å²) in [5, 5.41) is 19.6. The van der Waals surface area contributed by atoms with Crippen LogP contribution in [0.3, 0.4) is 0 Å². The molecule has 0 atom stereocenters. The maximum atomic E-state index is 10.9. The number of hydrogen-bond donors (Lipinski definition) is 3. The third-order valence-corrected chi connectivity index (χ3v) is 3.10. The molecule has 0 unspecified atom stereocenters. The van der Waals surface area contributed by atoms with E-state index in [2.05, 4.69) is 0 Å². The molecule has 0 bridgehead atoms. The SMILES string of the molecule is O=S(=O)(O)c1cc2c(O)cccc2cc1O. The fourth-order valence-electron chi connectivity index (χ4n) is 1.48. The van der Waals surface area contributed by atoms with Crippen molar-refractivity contribution in [2.24, 2.45) is 0 Å². The summed E-state index contributed by atoms with van der Waals surface area (Å²) in [4.78, 5) is -0.624. The van der Waals surface area contributed by atoms with Crippen LogP contribution >= 0.6 is 0 Å². The van der Waals surface area contributed by atoms with Crippen molar-refractivity contribution >= 4 is 20.9 Å². The van der Waals surface area contributed by atoms with Gasteiger partial charge in [-0.2, -0.15) is 8.42 Å². The molecular weight excluding hydrogens is 232 g/mol. The summed E-state index contributed by atoms with van der Waals surface area (Å²) < 4.78 is 30.7. The zero-order valence-corrected chi connectivity index (χ0v) is 8.77. The van der Waals surface area contributed by atoms with Crippen molar-refractivity contribution < 1.29 is 23.2 Å². The second kappa shape index (κ2) is 3.36. The van der Waals surface area contributed by atoms with Crippen LogP contribution in [0.4, 0.5) is 0 Å². The Balaban J connectivity index is 2.90. The normalized spacial score (nSPS) is 11.8. The van der Waals surface area contributed by atoms with Crippen molar-refractivity contribution in [3.63, 3.8) is 0 Å². The number of phenolic OH excluding ortho intramolecular Hbond substituents is 2. The van der Waals surface area contributed by atoms with Crippen LogP contribution in [0.2, 0.25) is 0 Å². The third-order valence-electron chi connectivity index (χ3n) is 2.21. The number of hydrogen-bond acceptors (Lipinski definition) is 4. The van der Waals surface area contributed by atoms with Crippen LogP contribution in [0.1, 0.15) is 0 Å². The highest BCUT2D eigenvalue weighted by Gasteiger charge is 2.17. The van der Waals surface area contributed by atoms with Gasteiger partial charge in [-0.05, 0) is 23.6 Å². The monoisotopic (exact) mass is 240 g/mol. The molecule has 0 fully saturated rings.